The molecule has 0 aliphatic carbocycles. The van der Waals surface area contributed by atoms with Crippen LogP contribution in [0.5, 0.6) is 0 Å². The number of hydrogen-bond donors (Lipinski definition) is 0. The lowest BCUT2D eigenvalue weighted by Crippen LogP contribution is -2.29. The molecule has 1 aliphatic heterocycles. The third kappa shape index (κ3) is 2.09. The fourth-order valence-corrected chi connectivity index (χ4v) is 1.92. The lowest BCUT2D eigenvalue weighted by Gasteiger charge is -2.14. The zero-order chi connectivity index (χ0) is 11.5. The maximum absolute atomic E-state index is 13.5. The molecule has 1 aromatic rings. The molecule has 0 spiro atoms. The number of alkyl halides is 1. The Bertz CT molecular complexity index is 444. The Kier molecular flexibility index (Phi) is 3.25. The van der Waals surface area contributed by atoms with Crippen LogP contribution in [-0.2, 0) is 4.79 Å². The Morgan fingerprint density at radius 1 is 1.44 bits per heavy atom. The summed E-state index contributed by atoms with van der Waals surface area (Å²) in [7, 11) is 0. The van der Waals surface area contributed by atoms with Crippen molar-refractivity contribution >= 4 is 23.1 Å². The minimum absolute atomic E-state index is 0.0294. The second kappa shape index (κ2) is 4.66. The molecule has 2 nitrogen and oxygen atoms in total. The summed E-state index contributed by atoms with van der Waals surface area (Å²) in [5.41, 5.74) is 1.41. The molecule has 0 aromatic heterocycles. The molecule has 0 unspecified atom stereocenters. The molecule has 0 N–H and O–H groups in total. The van der Waals surface area contributed by atoms with Gasteiger partial charge >= 0.3 is 0 Å². The van der Waals surface area contributed by atoms with Crippen LogP contribution in [0.3, 0.4) is 0 Å². The highest BCUT2D eigenvalue weighted by Gasteiger charge is 2.20. The SMILES string of the molecule is O=C(CCl)N1CC=C(c2ccccc2F)C1. The van der Waals surface area contributed by atoms with Crippen LogP contribution in [0.4, 0.5) is 4.39 Å². The van der Waals surface area contributed by atoms with E-state index in [0.717, 1.165) is 5.57 Å². The van der Waals surface area contributed by atoms with E-state index in [1.807, 2.05) is 6.08 Å². The molecule has 1 heterocycles. The van der Waals surface area contributed by atoms with Gasteiger partial charge in [0.2, 0.25) is 5.91 Å². The zero-order valence-corrected chi connectivity index (χ0v) is 9.38. The van der Waals surface area contributed by atoms with E-state index in [0.29, 0.717) is 18.7 Å². The molecule has 0 atom stereocenters. The number of hydrogen-bond acceptors (Lipinski definition) is 1. The van der Waals surface area contributed by atoms with Gasteiger partial charge in [-0.1, -0.05) is 24.3 Å². The van der Waals surface area contributed by atoms with E-state index >= 15 is 0 Å². The Balaban J connectivity index is 2.15. The van der Waals surface area contributed by atoms with Crippen LogP contribution in [0, 0.1) is 5.82 Å². The van der Waals surface area contributed by atoms with E-state index in [1.54, 1.807) is 23.1 Å². The topological polar surface area (TPSA) is 20.3 Å². The molecule has 84 valence electrons. The first-order valence-corrected chi connectivity index (χ1v) is 5.53. The Morgan fingerprint density at radius 3 is 2.88 bits per heavy atom. The van der Waals surface area contributed by atoms with Crippen molar-refractivity contribution < 1.29 is 9.18 Å². The van der Waals surface area contributed by atoms with Gasteiger partial charge in [0.1, 0.15) is 11.7 Å². The van der Waals surface area contributed by atoms with Crippen molar-refractivity contribution in [2.45, 2.75) is 0 Å². The monoisotopic (exact) mass is 239 g/mol. The molecule has 1 amide bonds. The number of carbonyl (C=O) groups is 1. The van der Waals surface area contributed by atoms with Crippen LogP contribution in [0.15, 0.2) is 30.3 Å². The normalized spacial score (nSPS) is 15.1. The third-order valence-electron chi connectivity index (χ3n) is 2.61. The first-order chi connectivity index (χ1) is 7.72. The number of benzene rings is 1. The van der Waals surface area contributed by atoms with Gasteiger partial charge in [-0.15, -0.1) is 11.6 Å². The van der Waals surface area contributed by atoms with Crippen LogP contribution in [0.1, 0.15) is 5.56 Å². The van der Waals surface area contributed by atoms with Crippen LogP contribution in [0.2, 0.25) is 0 Å². The third-order valence-corrected chi connectivity index (χ3v) is 2.83. The van der Waals surface area contributed by atoms with Gasteiger partial charge in [-0.25, -0.2) is 4.39 Å². The molecular weight excluding hydrogens is 229 g/mol. The van der Waals surface area contributed by atoms with E-state index < -0.39 is 0 Å². The molecule has 0 fully saturated rings. The molecule has 0 saturated carbocycles. The second-order valence-electron chi connectivity index (χ2n) is 3.62. The molecule has 4 heteroatoms. The predicted octanol–water partition coefficient (Wildman–Crippen LogP) is 2.29. The van der Waals surface area contributed by atoms with E-state index in [1.165, 1.54) is 6.07 Å². The summed E-state index contributed by atoms with van der Waals surface area (Å²) < 4.78 is 13.5. The standard InChI is InChI=1S/C12H11ClFNO/c13-7-12(16)15-6-5-9(8-15)10-3-1-2-4-11(10)14/h1-5H,6-8H2. The quantitative estimate of drug-likeness (QED) is 0.726. The van der Waals surface area contributed by atoms with Crippen LogP contribution >= 0.6 is 11.6 Å². The van der Waals surface area contributed by atoms with Gasteiger partial charge in [0, 0.05) is 18.7 Å². The number of nitrogens with zero attached hydrogens (tertiary/aromatic N) is 1. The molecule has 1 aromatic carbocycles. The van der Waals surface area contributed by atoms with Gasteiger partial charge in [-0.05, 0) is 11.6 Å². The smallest absolute Gasteiger partial charge is 0.238 e. The molecule has 1 aliphatic rings. The lowest BCUT2D eigenvalue weighted by molar-refractivity contribution is -0.127. The predicted molar refractivity (Wildman–Crippen MR) is 61.7 cm³/mol. The van der Waals surface area contributed by atoms with Crippen molar-refractivity contribution in [3.8, 4) is 0 Å². The molecule has 2 rings (SSSR count). The minimum atomic E-state index is -0.256. The van der Waals surface area contributed by atoms with Crippen molar-refractivity contribution in [2.75, 3.05) is 19.0 Å². The largest absolute Gasteiger partial charge is 0.334 e. The van der Waals surface area contributed by atoms with E-state index in [-0.39, 0.29) is 17.6 Å². The first-order valence-electron chi connectivity index (χ1n) is 5.00. The van der Waals surface area contributed by atoms with Gasteiger partial charge < -0.3 is 4.90 Å². The van der Waals surface area contributed by atoms with Gasteiger partial charge in [-0.2, -0.15) is 0 Å². The van der Waals surface area contributed by atoms with Crippen molar-refractivity contribution in [3.05, 3.63) is 41.7 Å². The number of halogens is 2. The molecule has 0 radical (unpaired) electrons. The number of carbonyl (C=O) groups excluding carboxylic acids is 1. The highest BCUT2D eigenvalue weighted by Crippen LogP contribution is 2.23. The average Bonchev–Trinajstić information content (AvgIpc) is 2.78. The van der Waals surface area contributed by atoms with Crippen LogP contribution in [-0.4, -0.2) is 29.8 Å². The number of amides is 1. The molecule has 16 heavy (non-hydrogen) atoms. The van der Waals surface area contributed by atoms with Crippen molar-refractivity contribution in [1.29, 1.82) is 0 Å². The molecular formula is C12H11ClFNO. The average molecular weight is 240 g/mol. The summed E-state index contributed by atoms with van der Waals surface area (Å²) >= 11 is 5.47. The van der Waals surface area contributed by atoms with Crippen molar-refractivity contribution in [2.24, 2.45) is 0 Å². The van der Waals surface area contributed by atoms with Gasteiger partial charge in [0.05, 0.1) is 0 Å². The maximum atomic E-state index is 13.5. The zero-order valence-electron chi connectivity index (χ0n) is 8.62. The van der Waals surface area contributed by atoms with Crippen molar-refractivity contribution in [1.82, 2.24) is 4.90 Å². The highest BCUT2D eigenvalue weighted by atomic mass is 35.5. The summed E-state index contributed by atoms with van der Waals surface area (Å²) in [4.78, 5) is 12.9. The Hall–Kier alpha value is -1.35. The first kappa shape index (κ1) is 11.1. The summed E-state index contributed by atoms with van der Waals surface area (Å²) in [6, 6.07) is 6.57. The van der Waals surface area contributed by atoms with Gasteiger partial charge in [-0.3, -0.25) is 4.79 Å². The lowest BCUT2D eigenvalue weighted by atomic mass is 10.1. The fraction of sp³-hybridized carbons (Fsp3) is 0.250. The summed E-state index contributed by atoms with van der Waals surface area (Å²) in [6.07, 6.45) is 1.86. The fourth-order valence-electron chi connectivity index (χ4n) is 1.75. The van der Waals surface area contributed by atoms with Gasteiger partial charge in [0.25, 0.3) is 0 Å². The molecule has 0 bridgehead atoms. The number of rotatable bonds is 2. The molecule has 0 saturated heterocycles. The highest BCUT2D eigenvalue weighted by molar-refractivity contribution is 6.27. The summed E-state index contributed by atoms with van der Waals surface area (Å²) in [6.45, 7) is 0.946. The van der Waals surface area contributed by atoms with Crippen LogP contribution < -0.4 is 0 Å². The maximum Gasteiger partial charge on any atom is 0.238 e. The Labute approximate surface area is 98.3 Å². The summed E-state index contributed by atoms with van der Waals surface area (Å²) in [5, 5.41) is 0. The van der Waals surface area contributed by atoms with Crippen LogP contribution in [0.25, 0.3) is 5.57 Å². The van der Waals surface area contributed by atoms with Gasteiger partial charge in [0.15, 0.2) is 0 Å². The summed E-state index contributed by atoms with van der Waals surface area (Å²) in [5.74, 6) is -0.406. The second-order valence-corrected chi connectivity index (χ2v) is 3.88. The van der Waals surface area contributed by atoms with Crippen molar-refractivity contribution in [3.63, 3.8) is 0 Å². The van der Waals surface area contributed by atoms with E-state index in [2.05, 4.69) is 0 Å². The minimum Gasteiger partial charge on any atom is -0.334 e. The van der Waals surface area contributed by atoms with E-state index in [4.69, 9.17) is 11.6 Å². The van der Waals surface area contributed by atoms with E-state index in [9.17, 15) is 9.18 Å². The Morgan fingerprint density at radius 2 is 2.19 bits per heavy atom.